The number of aliphatic hydroxyl groups is 1. The van der Waals surface area contributed by atoms with E-state index in [2.05, 4.69) is 21.2 Å². The number of carbonyl (C=O) groups is 3. The van der Waals surface area contributed by atoms with Gasteiger partial charge in [-0.25, -0.2) is 0 Å². The van der Waals surface area contributed by atoms with Gasteiger partial charge in [0.25, 0.3) is 0 Å². The molecular weight excluding hydrogens is 544 g/mol. The summed E-state index contributed by atoms with van der Waals surface area (Å²) in [6, 6.07) is 8.53. The summed E-state index contributed by atoms with van der Waals surface area (Å²) in [5.41, 5.74) is 0.989. The lowest BCUT2D eigenvalue weighted by Crippen LogP contribution is -2.58. The van der Waals surface area contributed by atoms with Crippen LogP contribution in [0.2, 0.25) is 0 Å². The number of alkyl halides is 1. The first-order chi connectivity index (χ1) is 17.4. The van der Waals surface area contributed by atoms with Gasteiger partial charge in [-0.05, 0) is 38.2 Å². The van der Waals surface area contributed by atoms with E-state index in [0.29, 0.717) is 12.8 Å². The topological polar surface area (TPSA) is 95.9 Å². The van der Waals surface area contributed by atoms with E-state index in [0.717, 1.165) is 31.2 Å². The highest BCUT2D eigenvalue weighted by atomic mass is 79.9. The van der Waals surface area contributed by atoms with Crippen LogP contribution in [0.25, 0.3) is 0 Å². The third kappa shape index (κ3) is 4.39. The van der Waals surface area contributed by atoms with Gasteiger partial charge >= 0.3 is 5.97 Å². The third-order valence-electron chi connectivity index (χ3n) is 8.40. The molecule has 1 saturated carbocycles. The van der Waals surface area contributed by atoms with Gasteiger partial charge in [0.1, 0.15) is 6.04 Å². The molecule has 3 aliphatic heterocycles. The van der Waals surface area contributed by atoms with Crippen LogP contribution in [0.5, 0.6) is 0 Å². The Morgan fingerprint density at radius 3 is 2.64 bits per heavy atom. The molecule has 3 heterocycles. The molecule has 7 nitrogen and oxygen atoms in total. The maximum absolute atomic E-state index is 14.2. The maximum atomic E-state index is 14.2. The second-order valence-electron chi connectivity index (χ2n) is 10.5. The number of amides is 2. The Morgan fingerprint density at radius 1 is 1.25 bits per heavy atom. The Kier molecular flexibility index (Phi) is 7.71. The fourth-order valence-electron chi connectivity index (χ4n) is 6.93. The standard InChI is InChI=1S/C27H35BrN2O5S/c1-2-35-26(34)20-21-25(33)30(18(15-31)13-16-9-5-3-6-10-16)23(27(21)14-19(28)22(20)36-27)24(32)29-17-11-7-4-8-12-17/h3,5-6,9-10,17-23,31H,2,4,7-8,11-15H2,1H3,(H,29,32)/t18-,19?,20+,21+,22+,23?,27?/m1/s1. The van der Waals surface area contributed by atoms with Gasteiger partial charge in [0.2, 0.25) is 11.8 Å². The highest BCUT2D eigenvalue weighted by Crippen LogP contribution is 2.68. The number of halogens is 1. The number of nitrogens with zero attached hydrogens (tertiary/aromatic N) is 1. The van der Waals surface area contributed by atoms with Crippen molar-refractivity contribution in [3.63, 3.8) is 0 Å². The summed E-state index contributed by atoms with van der Waals surface area (Å²) in [5, 5.41) is 13.6. The number of esters is 1. The zero-order valence-electron chi connectivity index (χ0n) is 20.6. The highest BCUT2D eigenvalue weighted by molar-refractivity contribution is 9.09. The molecule has 1 aromatic carbocycles. The second kappa shape index (κ2) is 10.7. The van der Waals surface area contributed by atoms with E-state index in [4.69, 9.17) is 4.74 Å². The van der Waals surface area contributed by atoms with E-state index in [1.807, 2.05) is 30.3 Å². The summed E-state index contributed by atoms with van der Waals surface area (Å²) < 4.78 is 4.70. The molecule has 0 radical (unpaired) electrons. The summed E-state index contributed by atoms with van der Waals surface area (Å²) >= 11 is 5.38. The molecule has 1 spiro atoms. The van der Waals surface area contributed by atoms with E-state index in [9.17, 15) is 19.5 Å². The molecule has 4 fully saturated rings. The Bertz CT molecular complexity index is 990. The Morgan fingerprint density at radius 2 is 1.97 bits per heavy atom. The smallest absolute Gasteiger partial charge is 0.310 e. The van der Waals surface area contributed by atoms with Crippen LogP contribution < -0.4 is 5.32 Å². The van der Waals surface area contributed by atoms with Crippen LogP contribution in [-0.2, 0) is 25.5 Å². The third-order valence-corrected chi connectivity index (χ3v) is 11.6. The molecule has 9 heteroatoms. The fourth-order valence-corrected chi connectivity index (χ4v) is 10.5. The molecule has 1 aromatic rings. The predicted molar refractivity (Wildman–Crippen MR) is 142 cm³/mol. The largest absolute Gasteiger partial charge is 0.466 e. The minimum atomic E-state index is -0.743. The van der Waals surface area contributed by atoms with E-state index < -0.39 is 28.7 Å². The van der Waals surface area contributed by atoms with Crippen LogP contribution >= 0.6 is 27.7 Å². The SMILES string of the molecule is CCOC(=O)[C@H]1[C@H]2C(=O)N([C@@H](CO)Cc3ccccc3)C(C(=O)NC3CCCCC3)C23CC(Br)[C@@H]1S3. The minimum absolute atomic E-state index is 0.00702. The molecule has 4 aliphatic rings. The Balaban J connectivity index is 1.52. The number of carbonyl (C=O) groups excluding carboxylic acids is 3. The van der Waals surface area contributed by atoms with Gasteiger partial charge in [0.05, 0.1) is 35.8 Å². The average molecular weight is 580 g/mol. The van der Waals surface area contributed by atoms with Crippen LogP contribution in [0.15, 0.2) is 30.3 Å². The second-order valence-corrected chi connectivity index (χ2v) is 13.2. The summed E-state index contributed by atoms with van der Waals surface area (Å²) in [6.07, 6.45) is 6.30. The molecule has 3 saturated heterocycles. The summed E-state index contributed by atoms with van der Waals surface area (Å²) in [5.74, 6) is -1.96. The summed E-state index contributed by atoms with van der Waals surface area (Å²) in [4.78, 5) is 43.0. The summed E-state index contributed by atoms with van der Waals surface area (Å²) in [7, 11) is 0. The van der Waals surface area contributed by atoms with Gasteiger partial charge < -0.3 is 20.1 Å². The van der Waals surface area contributed by atoms with Crippen LogP contribution in [0.1, 0.15) is 51.0 Å². The Hall–Kier alpha value is -1.58. The molecule has 5 rings (SSSR count). The lowest BCUT2D eigenvalue weighted by atomic mass is 9.71. The monoisotopic (exact) mass is 578 g/mol. The van der Waals surface area contributed by atoms with Gasteiger partial charge in [-0.3, -0.25) is 14.4 Å². The maximum Gasteiger partial charge on any atom is 0.310 e. The molecule has 36 heavy (non-hydrogen) atoms. The van der Waals surface area contributed by atoms with Crippen molar-refractivity contribution in [2.45, 2.75) is 84.8 Å². The van der Waals surface area contributed by atoms with Gasteiger partial charge in [-0.1, -0.05) is 65.5 Å². The molecule has 2 amide bonds. The number of hydrogen-bond donors (Lipinski definition) is 2. The first kappa shape index (κ1) is 26.0. The number of likely N-dealkylation sites (tertiary alicyclic amines) is 1. The lowest BCUT2D eigenvalue weighted by molar-refractivity contribution is -0.154. The van der Waals surface area contributed by atoms with Crippen molar-refractivity contribution in [2.75, 3.05) is 13.2 Å². The van der Waals surface area contributed by atoms with Crippen molar-refractivity contribution < 1.29 is 24.2 Å². The van der Waals surface area contributed by atoms with Gasteiger partial charge in [0.15, 0.2) is 0 Å². The van der Waals surface area contributed by atoms with E-state index >= 15 is 0 Å². The quantitative estimate of drug-likeness (QED) is 0.363. The molecule has 2 N–H and O–H groups in total. The zero-order chi connectivity index (χ0) is 25.4. The zero-order valence-corrected chi connectivity index (χ0v) is 23.0. The highest BCUT2D eigenvalue weighted by Gasteiger charge is 2.76. The molecule has 2 bridgehead atoms. The lowest BCUT2D eigenvalue weighted by Gasteiger charge is -2.38. The fraction of sp³-hybridized carbons (Fsp3) is 0.667. The molecule has 3 unspecified atom stereocenters. The number of rotatable bonds is 8. The van der Waals surface area contributed by atoms with Crippen molar-refractivity contribution in [3.05, 3.63) is 35.9 Å². The van der Waals surface area contributed by atoms with Gasteiger partial charge in [0, 0.05) is 16.1 Å². The van der Waals surface area contributed by atoms with Gasteiger partial charge in [-0.15, -0.1) is 11.8 Å². The normalized spacial score (nSPS) is 34.5. The summed E-state index contributed by atoms with van der Waals surface area (Å²) in [6.45, 7) is 1.76. The van der Waals surface area contributed by atoms with Crippen LogP contribution in [0.3, 0.4) is 0 Å². The van der Waals surface area contributed by atoms with Crippen molar-refractivity contribution in [1.82, 2.24) is 10.2 Å². The molecule has 7 atom stereocenters. The van der Waals surface area contributed by atoms with Gasteiger partial charge in [-0.2, -0.15) is 0 Å². The minimum Gasteiger partial charge on any atom is -0.466 e. The number of hydrogen-bond acceptors (Lipinski definition) is 6. The van der Waals surface area contributed by atoms with Crippen molar-refractivity contribution in [2.24, 2.45) is 11.8 Å². The number of nitrogens with one attached hydrogen (secondary N) is 1. The first-order valence-corrected chi connectivity index (χ1v) is 15.0. The van der Waals surface area contributed by atoms with Crippen LogP contribution in [0.4, 0.5) is 0 Å². The number of fused-ring (bicyclic) bond motifs is 1. The van der Waals surface area contributed by atoms with Crippen LogP contribution in [-0.4, -0.2) is 74.0 Å². The van der Waals surface area contributed by atoms with Crippen molar-refractivity contribution >= 4 is 45.5 Å². The van der Waals surface area contributed by atoms with Crippen molar-refractivity contribution in [1.29, 1.82) is 0 Å². The Labute approximate surface area is 225 Å². The number of ether oxygens (including phenoxy) is 1. The van der Waals surface area contributed by atoms with Crippen LogP contribution in [0, 0.1) is 11.8 Å². The molecular formula is C27H35BrN2O5S. The average Bonchev–Trinajstić information content (AvgIpc) is 3.47. The molecule has 1 aliphatic carbocycles. The first-order valence-electron chi connectivity index (χ1n) is 13.2. The molecule has 196 valence electrons. The number of aliphatic hydroxyl groups excluding tert-OH is 1. The molecule has 0 aromatic heterocycles. The van der Waals surface area contributed by atoms with Crippen molar-refractivity contribution in [3.8, 4) is 0 Å². The number of benzene rings is 1. The predicted octanol–water partition coefficient (Wildman–Crippen LogP) is 3.07. The number of thioether (sulfide) groups is 1. The van der Waals surface area contributed by atoms with E-state index in [-0.39, 0.29) is 47.1 Å². The van der Waals surface area contributed by atoms with E-state index in [1.165, 1.54) is 6.42 Å². The van der Waals surface area contributed by atoms with E-state index in [1.54, 1.807) is 23.6 Å².